The van der Waals surface area contributed by atoms with E-state index in [-0.39, 0.29) is 46.9 Å². The van der Waals surface area contributed by atoms with E-state index in [1.807, 2.05) is 37.3 Å². The van der Waals surface area contributed by atoms with Crippen LogP contribution in [-0.2, 0) is 4.79 Å². The van der Waals surface area contributed by atoms with Crippen molar-refractivity contribution in [1.82, 2.24) is 10.6 Å². The number of aliphatic hydroxyl groups excluding tert-OH is 1. The highest BCUT2D eigenvalue weighted by atomic mass is 16.3. The summed E-state index contributed by atoms with van der Waals surface area (Å²) in [7, 11) is 0. The SMILES string of the molecule is C[C@@H]1[C@@H]2[C@@H](O)[C@H]([C@H](C)C(=O)NC3CC3)CC[C@]2(C)CC[C@@H]1NC(=O)c1ccccc1. The van der Waals surface area contributed by atoms with Crippen LogP contribution >= 0.6 is 0 Å². The summed E-state index contributed by atoms with van der Waals surface area (Å²) in [6.07, 6.45) is 5.48. The summed E-state index contributed by atoms with van der Waals surface area (Å²) in [6, 6.07) is 9.71. The first-order chi connectivity index (χ1) is 14.3. The molecule has 0 saturated heterocycles. The molecule has 30 heavy (non-hydrogen) atoms. The first kappa shape index (κ1) is 21.4. The van der Waals surface area contributed by atoms with Crippen LogP contribution in [-0.4, -0.2) is 35.1 Å². The van der Waals surface area contributed by atoms with E-state index in [1.165, 1.54) is 0 Å². The Morgan fingerprint density at radius 3 is 2.40 bits per heavy atom. The second-order valence-electron chi connectivity index (χ2n) is 10.3. The number of hydrogen-bond acceptors (Lipinski definition) is 3. The number of amides is 2. The summed E-state index contributed by atoms with van der Waals surface area (Å²) >= 11 is 0. The molecule has 0 heterocycles. The second-order valence-corrected chi connectivity index (χ2v) is 10.3. The van der Waals surface area contributed by atoms with Crippen LogP contribution in [0.4, 0.5) is 0 Å². The zero-order valence-corrected chi connectivity index (χ0v) is 18.4. The molecule has 0 unspecified atom stereocenters. The maximum atomic E-state index is 12.7. The first-order valence-electron chi connectivity index (χ1n) is 11.6. The van der Waals surface area contributed by atoms with Crippen LogP contribution in [0.5, 0.6) is 0 Å². The number of aliphatic hydroxyl groups is 1. The number of rotatable bonds is 5. The smallest absolute Gasteiger partial charge is 0.251 e. The van der Waals surface area contributed by atoms with Gasteiger partial charge in [0.1, 0.15) is 0 Å². The van der Waals surface area contributed by atoms with E-state index >= 15 is 0 Å². The molecule has 7 atom stereocenters. The molecule has 2 amide bonds. The van der Waals surface area contributed by atoms with E-state index in [2.05, 4.69) is 24.5 Å². The number of benzene rings is 1. The lowest BCUT2D eigenvalue weighted by Crippen LogP contribution is -2.58. The number of hydrogen-bond donors (Lipinski definition) is 3. The fourth-order valence-corrected chi connectivity index (χ4v) is 6.09. The van der Waals surface area contributed by atoms with Gasteiger partial charge in [-0.1, -0.05) is 39.0 Å². The fourth-order valence-electron chi connectivity index (χ4n) is 6.09. The van der Waals surface area contributed by atoms with Gasteiger partial charge in [-0.05, 0) is 73.8 Å². The largest absolute Gasteiger partial charge is 0.392 e. The quantitative estimate of drug-likeness (QED) is 0.692. The third kappa shape index (κ3) is 4.14. The third-order valence-corrected chi connectivity index (χ3v) is 8.22. The van der Waals surface area contributed by atoms with Gasteiger partial charge in [0.15, 0.2) is 0 Å². The minimum absolute atomic E-state index is 0.0205. The Bertz CT molecular complexity index is 778. The molecule has 0 spiro atoms. The summed E-state index contributed by atoms with van der Waals surface area (Å²) in [4.78, 5) is 25.4. The van der Waals surface area contributed by atoms with Gasteiger partial charge >= 0.3 is 0 Å². The molecule has 5 heteroatoms. The fraction of sp³-hybridized carbons (Fsp3) is 0.680. The highest BCUT2D eigenvalue weighted by Gasteiger charge is 2.54. The van der Waals surface area contributed by atoms with Gasteiger partial charge in [-0.3, -0.25) is 9.59 Å². The number of carbonyl (C=O) groups is 2. The topological polar surface area (TPSA) is 78.4 Å². The van der Waals surface area contributed by atoms with Crippen LogP contribution in [0.25, 0.3) is 0 Å². The van der Waals surface area contributed by atoms with Crippen molar-refractivity contribution in [2.75, 3.05) is 0 Å². The Morgan fingerprint density at radius 2 is 1.73 bits per heavy atom. The highest BCUT2D eigenvalue weighted by Crippen LogP contribution is 2.55. The van der Waals surface area contributed by atoms with Crippen molar-refractivity contribution in [3.05, 3.63) is 35.9 Å². The number of carbonyl (C=O) groups excluding carboxylic acids is 2. The Hall–Kier alpha value is -1.88. The molecule has 5 nitrogen and oxygen atoms in total. The molecule has 164 valence electrons. The lowest BCUT2D eigenvalue weighted by molar-refractivity contribution is -0.142. The minimum Gasteiger partial charge on any atom is -0.392 e. The van der Waals surface area contributed by atoms with Crippen LogP contribution in [0.2, 0.25) is 0 Å². The van der Waals surface area contributed by atoms with Gasteiger partial charge in [0.05, 0.1) is 6.10 Å². The van der Waals surface area contributed by atoms with Crippen LogP contribution in [0.15, 0.2) is 30.3 Å². The molecule has 3 fully saturated rings. The Morgan fingerprint density at radius 1 is 1.07 bits per heavy atom. The zero-order valence-electron chi connectivity index (χ0n) is 18.4. The Balaban J connectivity index is 1.46. The molecule has 0 aliphatic heterocycles. The Kier molecular flexibility index (Phi) is 5.93. The third-order valence-electron chi connectivity index (χ3n) is 8.22. The standard InChI is InChI=1S/C25H36N2O3/c1-15(23(29)26-18-9-10-18)19-11-13-25(3)14-12-20(16(2)21(25)22(19)28)27-24(30)17-7-5-4-6-8-17/h4-8,15-16,18-22,28H,9-14H2,1-3H3,(H,26,29)(H,27,30)/t15-,16-,19-,20-,21+,22-,25+/m0/s1. The molecule has 3 N–H and O–H groups in total. The predicted molar refractivity (Wildman–Crippen MR) is 117 cm³/mol. The highest BCUT2D eigenvalue weighted by molar-refractivity contribution is 5.94. The van der Waals surface area contributed by atoms with Crippen molar-refractivity contribution >= 4 is 11.8 Å². The van der Waals surface area contributed by atoms with Crippen LogP contribution < -0.4 is 10.6 Å². The average Bonchev–Trinajstić information content (AvgIpc) is 3.54. The van der Waals surface area contributed by atoms with Gasteiger partial charge in [-0.2, -0.15) is 0 Å². The molecule has 0 bridgehead atoms. The van der Waals surface area contributed by atoms with Gasteiger partial charge in [0.2, 0.25) is 5.91 Å². The lowest BCUT2D eigenvalue weighted by atomic mass is 9.51. The van der Waals surface area contributed by atoms with Crippen LogP contribution in [0.3, 0.4) is 0 Å². The summed E-state index contributed by atoms with van der Waals surface area (Å²) in [6.45, 7) is 6.42. The molecular formula is C25H36N2O3. The van der Waals surface area contributed by atoms with E-state index < -0.39 is 6.10 Å². The lowest BCUT2D eigenvalue weighted by Gasteiger charge is -2.56. The second kappa shape index (κ2) is 8.33. The average molecular weight is 413 g/mol. The molecule has 0 radical (unpaired) electrons. The molecule has 1 aromatic rings. The van der Waals surface area contributed by atoms with Crippen LogP contribution in [0, 0.1) is 29.1 Å². The van der Waals surface area contributed by atoms with E-state index in [4.69, 9.17) is 0 Å². The molecule has 3 saturated carbocycles. The number of nitrogens with one attached hydrogen (secondary N) is 2. The summed E-state index contributed by atoms with van der Waals surface area (Å²) in [5.74, 6) is 0.0808. The van der Waals surface area contributed by atoms with E-state index in [0.29, 0.717) is 11.6 Å². The summed E-state index contributed by atoms with van der Waals surface area (Å²) in [5.41, 5.74) is 0.737. The van der Waals surface area contributed by atoms with Gasteiger partial charge in [0.25, 0.3) is 5.91 Å². The van der Waals surface area contributed by atoms with Crippen molar-refractivity contribution < 1.29 is 14.7 Å². The molecule has 0 aromatic heterocycles. The minimum atomic E-state index is -0.518. The molecule has 1 aromatic carbocycles. The molecular weight excluding hydrogens is 376 g/mol. The van der Waals surface area contributed by atoms with Crippen LogP contribution in [0.1, 0.15) is 69.7 Å². The van der Waals surface area contributed by atoms with Crippen molar-refractivity contribution in [2.45, 2.75) is 77.5 Å². The monoisotopic (exact) mass is 412 g/mol. The predicted octanol–water partition coefficient (Wildman–Crippen LogP) is 3.52. The molecule has 3 aliphatic rings. The van der Waals surface area contributed by atoms with Crippen molar-refractivity contribution in [1.29, 1.82) is 0 Å². The maximum absolute atomic E-state index is 12.7. The van der Waals surface area contributed by atoms with Gasteiger partial charge in [-0.25, -0.2) is 0 Å². The van der Waals surface area contributed by atoms with E-state index in [1.54, 1.807) is 0 Å². The molecule has 4 rings (SSSR count). The summed E-state index contributed by atoms with van der Waals surface area (Å²) < 4.78 is 0. The van der Waals surface area contributed by atoms with Crippen molar-refractivity contribution in [3.63, 3.8) is 0 Å². The van der Waals surface area contributed by atoms with E-state index in [0.717, 1.165) is 38.5 Å². The van der Waals surface area contributed by atoms with Gasteiger partial charge < -0.3 is 15.7 Å². The van der Waals surface area contributed by atoms with Gasteiger partial charge in [0, 0.05) is 23.6 Å². The normalized spacial score (nSPS) is 37.0. The number of fused-ring (bicyclic) bond motifs is 1. The van der Waals surface area contributed by atoms with Crippen molar-refractivity contribution in [3.8, 4) is 0 Å². The van der Waals surface area contributed by atoms with E-state index in [9.17, 15) is 14.7 Å². The first-order valence-corrected chi connectivity index (χ1v) is 11.6. The summed E-state index contributed by atoms with van der Waals surface area (Å²) in [5, 5.41) is 17.8. The maximum Gasteiger partial charge on any atom is 0.251 e. The van der Waals surface area contributed by atoms with Gasteiger partial charge in [-0.15, -0.1) is 0 Å². The Labute approximate surface area is 180 Å². The zero-order chi connectivity index (χ0) is 21.5. The van der Waals surface area contributed by atoms with Crippen molar-refractivity contribution in [2.24, 2.45) is 29.1 Å². The molecule has 3 aliphatic carbocycles.